The van der Waals surface area contributed by atoms with Crippen molar-refractivity contribution in [2.24, 2.45) is 11.8 Å². The summed E-state index contributed by atoms with van der Waals surface area (Å²) in [5, 5.41) is 38.4. The molecule has 0 amide bonds. The summed E-state index contributed by atoms with van der Waals surface area (Å²) in [6.45, 7) is 12.6. The van der Waals surface area contributed by atoms with Gasteiger partial charge in [0.25, 0.3) is 0 Å². The maximum absolute atomic E-state index is 14.8. The zero-order chi connectivity index (χ0) is 37.2. The maximum Gasteiger partial charge on any atom is 0.342 e. The number of nitrogens with one attached hydrogen (secondary N) is 2. The lowest BCUT2D eigenvalue weighted by atomic mass is 9.96. The van der Waals surface area contributed by atoms with E-state index in [4.69, 9.17) is 23.5 Å². The van der Waals surface area contributed by atoms with Crippen molar-refractivity contribution < 1.29 is 52.9 Å². The van der Waals surface area contributed by atoms with Gasteiger partial charge in [0, 0.05) is 0 Å². The molecule has 1 aliphatic heterocycles. The van der Waals surface area contributed by atoms with Crippen molar-refractivity contribution >= 4 is 30.8 Å². The first-order valence-electron chi connectivity index (χ1n) is 17.2. The van der Waals surface area contributed by atoms with E-state index in [-0.39, 0.29) is 54.9 Å². The van der Waals surface area contributed by atoms with E-state index in [1.54, 1.807) is 0 Å². The Morgan fingerprint density at radius 1 is 1.02 bits per heavy atom. The fourth-order valence-corrected chi connectivity index (χ4v) is 7.28. The molecule has 2 aromatic rings. The topological polar surface area (TPSA) is 226 Å². The summed E-state index contributed by atoms with van der Waals surface area (Å²) >= 11 is 0. The number of hydrogen-bond acceptors (Lipinski definition) is 14. The lowest BCUT2D eigenvalue weighted by molar-refractivity contribution is -0.146. The number of fused-ring (bicyclic) bond motifs is 1. The smallest absolute Gasteiger partial charge is 0.342 e. The molecular weight excluding hydrogens is 675 g/mol. The minimum absolute atomic E-state index is 0.0178. The molecule has 0 bridgehead atoms. The molecule has 5 N–H and O–H groups in total. The van der Waals surface area contributed by atoms with Crippen LogP contribution in [0.5, 0.6) is 11.9 Å². The molecule has 1 saturated heterocycles. The number of methoxy groups -OCH3 is 1. The maximum atomic E-state index is 14.8. The Morgan fingerprint density at radius 3 is 2.04 bits per heavy atom. The van der Waals surface area contributed by atoms with Crippen LogP contribution in [0.1, 0.15) is 93.2 Å². The predicted octanol–water partition coefficient (Wildman–Crippen LogP) is 3.37. The number of nitrogens with zero attached hydrogens (tertiary/aromatic N) is 4. The van der Waals surface area contributed by atoms with Crippen LogP contribution in [0.3, 0.4) is 0 Å². The molecule has 18 heteroatoms. The predicted molar refractivity (Wildman–Crippen MR) is 182 cm³/mol. The number of esters is 2. The summed E-state index contributed by atoms with van der Waals surface area (Å²) in [4.78, 5) is 38.5. The molecule has 0 saturated carbocycles. The summed E-state index contributed by atoms with van der Waals surface area (Å²) in [6.07, 6.45) is 0.494. The van der Waals surface area contributed by atoms with Gasteiger partial charge in [-0.05, 0) is 44.4 Å². The van der Waals surface area contributed by atoms with Crippen LogP contribution < -0.4 is 14.9 Å². The second kappa shape index (κ2) is 18.5. The van der Waals surface area contributed by atoms with Crippen LogP contribution in [-0.2, 0) is 32.9 Å². The second-order valence-corrected chi connectivity index (χ2v) is 15.4. The Hall–Kier alpha value is -2.92. The Kier molecular flexibility index (Phi) is 15.4. The SMILES string of the molecule is CCCCOC(=O)[C@H](CC(C)C)NP(=O)(N[C@@H](CC(C)C)C(=O)OCCCC)OC[C@H]1O[C@@H](n2cnc3c(OC)nc(O)nc32)[C@@](C)(O)C1O. The van der Waals surface area contributed by atoms with Crippen molar-refractivity contribution in [2.75, 3.05) is 26.9 Å². The van der Waals surface area contributed by atoms with E-state index >= 15 is 0 Å². The minimum atomic E-state index is -4.35. The fraction of sp³-hybridized carbons (Fsp3) is 0.781. The van der Waals surface area contributed by atoms with Crippen LogP contribution in [0.4, 0.5) is 0 Å². The van der Waals surface area contributed by atoms with E-state index < -0.39 is 68.3 Å². The molecule has 0 aromatic carbocycles. The average molecular weight is 731 g/mol. The largest absolute Gasteiger partial charge is 0.479 e. The summed E-state index contributed by atoms with van der Waals surface area (Å²) < 4.78 is 44.2. The molecule has 6 atom stereocenters. The van der Waals surface area contributed by atoms with Crippen LogP contribution in [-0.4, -0.2) is 104 Å². The summed E-state index contributed by atoms with van der Waals surface area (Å²) in [7, 11) is -3.01. The third-order valence-electron chi connectivity index (χ3n) is 8.12. The number of imidazole rings is 1. The normalized spacial score (nSPS) is 22.3. The number of ether oxygens (including phenoxy) is 4. The number of carbonyl (C=O) groups excluding carboxylic acids is 2. The molecule has 1 fully saturated rings. The molecule has 1 unspecified atom stereocenters. The molecule has 2 aromatic heterocycles. The third kappa shape index (κ3) is 10.8. The molecule has 3 heterocycles. The van der Waals surface area contributed by atoms with Crippen LogP contribution in [0, 0.1) is 11.8 Å². The van der Waals surface area contributed by atoms with Crippen molar-refractivity contribution in [1.82, 2.24) is 29.7 Å². The van der Waals surface area contributed by atoms with E-state index in [0.29, 0.717) is 12.8 Å². The number of aromatic hydroxyl groups is 1. The summed E-state index contributed by atoms with van der Waals surface area (Å²) in [5.74, 6) is -1.32. The minimum Gasteiger partial charge on any atom is -0.479 e. The van der Waals surface area contributed by atoms with Gasteiger partial charge in [0.1, 0.15) is 29.9 Å². The van der Waals surface area contributed by atoms with Gasteiger partial charge in [0.15, 0.2) is 17.4 Å². The van der Waals surface area contributed by atoms with Crippen LogP contribution in [0.2, 0.25) is 0 Å². The average Bonchev–Trinajstić information content (AvgIpc) is 3.55. The molecule has 0 radical (unpaired) electrons. The monoisotopic (exact) mass is 730 g/mol. The number of rotatable bonds is 21. The van der Waals surface area contributed by atoms with Crippen molar-refractivity contribution in [1.29, 1.82) is 0 Å². The highest BCUT2D eigenvalue weighted by Gasteiger charge is 2.54. The van der Waals surface area contributed by atoms with E-state index in [9.17, 15) is 29.5 Å². The van der Waals surface area contributed by atoms with Crippen LogP contribution in [0.15, 0.2) is 6.33 Å². The van der Waals surface area contributed by atoms with Crippen LogP contribution >= 0.6 is 7.67 Å². The van der Waals surface area contributed by atoms with Gasteiger partial charge in [-0.3, -0.25) is 18.7 Å². The fourth-order valence-electron chi connectivity index (χ4n) is 5.45. The number of aromatic nitrogens is 4. The second-order valence-electron chi connectivity index (χ2n) is 13.6. The number of aliphatic hydroxyl groups excluding tert-OH is 1. The van der Waals surface area contributed by atoms with Gasteiger partial charge < -0.3 is 38.8 Å². The zero-order valence-electron chi connectivity index (χ0n) is 30.3. The molecule has 0 aliphatic carbocycles. The first-order chi connectivity index (χ1) is 23.6. The standard InChI is InChI=1S/C32H55N6O11P/c1-9-11-13-46-28(40)21(15-19(3)4)36-50(44,37-22(16-20(5)6)29(41)47-14-12-10-2)48-17-23-25(39)32(7,43)30(49-23)38-18-33-24-26(38)34-31(42)35-27(24)45-8/h18-23,25,30,39,43H,9-17H2,1-8H3,(H,34,35,42)(H2,36,37,44)/t21-,22-,23+,25?,30+,32-/m0/s1. The Morgan fingerprint density at radius 2 is 1.56 bits per heavy atom. The van der Waals surface area contributed by atoms with E-state index in [1.807, 2.05) is 41.5 Å². The van der Waals surface area contributed by atoms with Crippen molar-refractivity contribution in [3.63, 3.8) is 0 Å². The summed E-state index contributed by atoms with van der Waals surface area (Å²) in [5.41, 5.74) is -1.74. The highest BCUT2D eigenvalue weighted by atomic mass is 31.2. The molecule has 17 nitrogen and oxygen atoms in total. The van der Waals surface area contributed by atoms with E-state index in [0.717, 1.165) is 12.8 Å². The Bertz CT molecular complexity index is 1410. The van der Waals surface area contributed by atoms with Gasteiger partial charge in [-0.2, -0.15) is 9.97 Å². The zero-order valence-corrected chi connectivity index (χ0v) is 31.2. The first kappa shape index (κ1) is 41.5. The van der Waals surface area contributed by atoms with Gasteiger partial charge in [-0.15, -0.1) is 0 Å². The van der Waals surface area contributed by atoms with Gasteiger partial charge >= 0.3 is 25.6 Å². The molecule has 3 rings (SSSR count). The van der Waals surface area contributed by atoms with Gasteiger partial charge in [-0.1, -0.05) is 54.4 Å². The number of hydrogen-bond donors (Lipinski definition) is 5. The van der Waals surface area contributed by atoms with Crippen molar-refractivity contribution in [3.05, 3.63) is 6.33 Å². The lowest BCUT2D eigenvalue weighted by Gasteiger charge is -2.30. The van der Waals surface area contributed by atoms with Crippen LogP contribution in [0.25, 0.3) is 11.2 Å². The quantitative estimate of drug-likeness (QED) is 0.0705. The Balaban J connectivity index is 1.94. The summed E-state index contributed by atoms with van der Waals surface area (Å²) in [6, 6.07) is -2.77. The number of unbranched alkanes of at least 4 members (excludes halogenated alkanes) is 2. The molecule has 50 heavy (non-hydrogen) atoms. The molecule has 0 spiro atoms. The van der Waals surface area contributed by atoms with Crippen molar-refractivity contribution in [3.8, 4) is 11.9 Å². The Labute approximate surface area is 293 Å². The van der Waals surface area contributed by atoms with E-state index in [2.05, 4.69) is 25.1 Å². The molecule has 1 aliphatic rings. The van der Waals surface area contributed by atoms with Gasteiger partial charge in [0.2, 0.25) is 5.88 Å². The highest BCUT2D eigenvalue weighted by molar-refractivity contribution is 7.54. The third-order valence-corrected chi connectivity index (χ3v) is 9.93. The molecular formula is C32H55N6O11P. The van der Waals surface area contributed by atoms with Gasteiger partial charge in [-0.25, -0.2) is 15.2 Å². The van der Waals surface area contributed by atoms with E-state index in [1.165, 1.54) is 24.9 Å². The highest BCUT2D eigenvalue weighted by Crippen LogP contribution is 2.45. The first-order valence-corrected chi connectivity index (χ1v) is 18.9. The van der Waals surface area contributed by atoms with Crippen molar-refractivity contribution in [2.45, 2.75) is 123 Å². The molecule has 284 valence electrons. The number of aliphatic hydroxyl groups is 2. The number of carbonyl (C=O) groups is 2. The van der Waals surface area contributed by atoms with Gasteiger partial charge in [0.05, 0.1) is 33.3 Å². The lowest BCUT2D eigenvalue weighted by Crippen LogP contribution is -2.47.